The molecule has 5 heteroatoms. The molecule has 146 valence electrons. The van der Waals surface area contributed by atoms with Gasteiger partial charge in [0, 0.05) is 44.6 Å². The molecular weight excluding hydrogens is 340 g/mol. The number of aliphatic hydroxyl groups is 1. The first kappa shape index (κ1) is 18.5. The summed E-state index contributed by atoms with van der Waals surface area (Å²) in [5.41, 5.74) is 0.878. The van der Waals surface area contributed by atoms with Crippen LogP contribution in [0.25, 0.3) is 0 Å². The van der Waals surface area contributed by atoms with Gasteiger partial charge in [0.25, 0.3) is 0 Å². The van der Waals surface area contributed by atoms with Gasteiger partial charge >= 0.3 is 0 Å². The predicted molar refractivity (Wildman–Crippen MR) is 103 cm³/mol. The van der Waals surface area contributed by atoms with E-state index in [2.05, 4.69) is 17.0 Å². The largest absolute Gasteiger partial charge is 0.396 e. The van der Waals surface area contributed by atoms with Gasteiger partial charge < -0.3 is 14.9 Å². The van der Waals surface area contributed by atoms with Crippen molar-refractivity contribution >= 4 is 11.8 Å². The number of amides is 2. The van der Waals surface area contributed by atoms with Crippen LogP contribution in [0.5, 0.6) is 0 Å². The number of carbonyl (C=O) groups is 2. The molecule has 4 rings (SSSR count). The molecule has 2 aliphatic heterocycles. The van der Waals surface area contributed by atoms with Crippen LogP contribution in [0, 0.1) is 5.41 Å². The van der Waals surface area contributed by atoms with Gasteiger partial charge in [-0.1, -0.05) is 30.3 Å². The lowest BCUT2D eigenvalue weighted by molar-refractivity contribution is -0.144. The van der Waals surface area contributed by atoms with Crippen molar-refractivity contribution < 1.29 is 14.7 Å². The maximum absolute atomic E-state index is 13.4. The minimum Gasteiger partial charge on any atom is -0.396 e. The third-order valence-corrected chi connectivity index (χ3v) is 6.77. The summed E-state index contributed by atoms with van der Waals surface area (Å²) in [5, 5.41) is 9.11. The predicted octanol–water partition coefficient (Wildman–Crippen LogP) is 2.33. The molecule has 1 aliphatic carbocycles. The molecule has 1 atom stereocenters. The fourth-order valence-electron chi connectivity index (χ4n) is 5.09. The number of piperidine rings is 2. The Labute approximate surface area is 161 Å². The Morgan fingerprint density at radius 1 is 1.07 bits per heavy atom. The van der Waals surface area contributed by atoms with E-state index in [0.717, 1.165) is 57.3 Å². The van der Waals surface area contributed by atoms with Crippen molar-refractivity contribution in [2.45, 2.75) is 50.4 Å². The van der Waals surface area contributed by atoms with Crippen LogP contribution in [0.1, 0.15) is 50.5 Å². The van der Waals surface area contributed by atoms with E-state index in [-0.39, 0.29) is 29.3 Å². The quantitative estimate of drug-likeness (QED) is 0.865. The molecule has 3 aliphatic rings. The van der Waals surface area contributed by atoms with Gasteiger partial charge in [-0.2, -0.15) is 0 Å². The van der Waals surface area contributed by atoms with Crippen molar-refractivity contribution in [2.75, 3.05) is 32.8 Å². The molecule has 1 unspecified atom stereocenters. The summed E-state index contributed by atoms with van der Waals surface area (Å²) in [7, 11) is 0. The van der Waals surface area contributed by atoms with Gasteiger partial charge in [0.05, 0.1) is 5.41 Å². The molecule has 1 saturated carbocycles. The summed E-state index contributed by atoms with van der Waals surface area (Å²) >= 11 is 0. The van der Waals surface area contributed by atoms with Gasteiger partial charge in [0.1, 0.15) is 0 Å². The summed E-state index contributed by atoms with van der Waals surface area (Å²) in [6, 6.07) is 10.2. The summed E-state index contributed by atoms with van der Waals surface area (Å²) in [5.74, 6) is 0.479. The van der Waals surface area contributed by atoms with Crippen LogP contribution < -0.4 is 0 Å². The monoisotopic (exact) mass is 370 g/mol. The molecular formula is C22H30N2O3. The smallest absolute Gasteiger partial charge is 0.233 e. The van der Waals surface area contributed by atoms with Crippen molar-refractivity contribution in [2.24, 2.45) is 5.41 Å². The summed E-state index contributed by atoms with van der Waals surface area (Å²) in [6.07, 6.45) is 6.06. The zero-order valence-corrected chi connectivity index (χ0v) is 16.0. The van der Waals surface area contributed by atoms with Gasteiger partial charge in [-0.3, -0.25) is 9.59 Å². The molecule has 3 fully saturated rings. The average Bonchev–Trinajstić information content (AvgIpc) is 3.51. The van der Waals surface area contributed by atoms with Gasteiger partial charge in [-0.05, 0) is 44.1 Å². The normalized spacial score (nSPS) is 27.1. The first-order valence-corrected chi connectivity index (χ1v) is 10.3. The molecule has 27 heavy (non-hydrogen) atoms. The second-order valence-corrected chi connectivity index (χ2v) is 8.67. The number of carbonyl (C=O) groups excluding carboxylic acids is 2. The van der Waals surface area contributed by atoms with Gasteiger partial charge in [0.15, 0.2) is 0 Å². The maximum atomic E-state index is 13.4. The van der Waals surface area contributed by atoms with Crippen LogP contribution in [-0.4, -0.2) is 59.5 Å². The van der Waals surface area contributed by atoms with Crippen LogP contribution >= 0.6 is 0 Å². The lowest BCUT2D eigenvalue weighted by atomic mass is 9.73. The highest BCUT2D eigenvalue weighted by Gasteiger charge is 2.54. The number of rotatable bonds is 5. The molecule has 1 aromatic carbocycles. The SMILES string of the molecule is O=C1CCC2(CCCN(C(=O)C3(c4ccccc4)CC3)C2)CN1CCCO. The minimum atomic E-state index is -0.305. The third kappa shape index (κ3) is 3.49. The molecule has 2 heterocycles. The van der Waals surface area contributed by atoms with Crippen molar-refractivity contribution in [3.63, 3.8) is 0 Å². The summed E-state index contributed by atoms with van der Waals surface area (Å²) in [6.45, 7) is 3.07. The molecule has 1 N–H and O–H groups in total. The molecule has 5 nitrogen and oxygen atoms in total. The van der Waals surface area contributed by atoms with E-state index in [1.807, 2.05) is 23.1 Å². The molecule has 0 radical (unpaired) electrons. The van der Waals surface area contributed by atoms with Crippen LogP contribution in [0.3, 0.4) is 0 Å². The zero-order chi connectivity index (χ0) is 18.9. The Kier molecular flexibility index (Phi) is 4.97. The van der Waals surface area contributed by atoms with Crippen molar-refractivity contribution in [3.8, 4) is 0 Å². The zero-order valence-electron chi connectivity index (χ0n) is 16.0. The van der Waals surface area contributed by atoms with E-state index in [9.17, 15) is 9.59 Å². The Morgan fingerprint density at radius 3 is 2.56 bits per heavy atom. The number of aliphatic hydroxyl groups excluding tert-OH is 1. The van der Waals surface area contributed by atoms with E-state index in [0.29, 0.717) is 19.4 Å². The van der Waals surface area contributed by atoms with E-state index in [4.69, 9.17) is 5.11 Å². The fraction of sp³-hybridized carbons (Fsp3) is 0.636. The number of hydrogen-bond donors (Lipinski definition) is 1. The molecule has 0 bridgehead atoms. The lowest BCUT2D eigenvalue weighted by Crippen LogP contribution is -2.56. The van der Waals surface area contributed by atoms with E-state index >= 15 is 0 Å². The highest BCUT2D eigenvalue weighted by molar-refractivity contribution is 5.91. The van der Waals surface area contributed by atoms with E-state index < -0.39 is 0 Å². The molecule has 2 amide bonds. The summed E-state index contributed by atoms with van der Waals surface area (Å²) in [4.78, 5) is 29.7. The number of nitrogens with zero attached hydrogens (tertiary/aromatic N) is 2. The van der Waals surface area contributed by atoms with Crippen molar-refractivity contribution in [1.29, 1.82) is 0 Å². The number of hydrogen-bond acceptors (Lipinski definition) is 3. The molecule has 0 aromatic heterocycles. The molecule has 1 aromatic rings. The van der Waals surface area contributed by atoms with Gasteiger partial charge in [0.2, 0.25) is 11.8 Å². The Morgan fingerprint density at radius 2 is 1.85 bits per heavy atom. The fourth-order valence-corrected chi connectivity index (χ4v) is 5.09. The highest BCUT2D eigenvalue weighted by Crippen LogP contribution is 2.51. The van der Waals surface area contributed by atoms with Crippen molar-refractivity contribution in [3.05, 3.63) is 35.9 Å². The average molecular weight is 370 g/mol. The van der Waals surface area contributed by atoms with Crippen molar-refractivity contribution in [1.82, 2.24) is 9.80 Å². The van der Waals surface area contributed by atoms with E-state index in [1.54, 1.807) is 0 Å². The van der Waals surface area contributed by atoms with Crippen LogP contribution in [0.2, 0.25) is 0 Å². The lowest BCUT2D eigenvalue weighted by Gasteiger charge is -2.49. The third-order valence-electron chi connectivity index (χ3n) is 6.77. The Hall–Kier alpha value is -1.88. The van der Waals surface area contributed by atoms with Crippen LogP contribution in [0.4, 0.5) is 0 Å². The van der Waals surface area contributed by atoms with Gasteiger partial charge in [-0.15, -0.1) is 0 Å². The number of likely N-dealkylation sites (tertiary alicyclic amines) is 2. The Balaban J connectivity index is 1.48. The first-order valence-electron chi connectivity index (χ1n) is 10.3. The first-order chi connectivity index (χ1) is 13.1. The second-order valence-electron chi connectivity index (χ2n) is 8.67. The topological polar surface area (TPSA) is 60.9 Å². The molecule has 2 saturated heterocycles. The summed E-state index contributed by atoms with van der Waals surface area (Å²) < 4.78 is 0. The highest BCUT2D eigenvalue weighted by atomic mass is 16.3. The molecule has 1 spiro atoms. The van der Waals surface area contributed by atoms with Crippen LogP contribution in [-0.2, 0) is 15.0 Å². The standard InChI is InChI=1S/C22H30N2O3/c25-15-5-14-23-16-21(10-8-19(23)26)9-4-13-24(17-21)20(27)22(11-12-22)18-6-2-1-3-7-18/h1-3,6-7,25H,4-5,8-17H2. The second kappa shape index (κ2) is 7.27. The minimum absolute atomic E-state index is 0.0318. The van der Waals surface area contributed by atoms with Crippen LogP contribution in [0.15, 0.2) is 30.3 Å². The number of benzene rings is 1. The van der Waals surface area contributed by atoms with E-state index in [1.165, 1.54) is 0 Å². The van der Waals surface area contributed by atoms with Gasteiger partial charge in [-0.25, -0.2) is 0 Å². The maximum Gasteiger partial charge on any atom is 0.233 e. The Bertz CT molecular complexity index is 701.